The minimum atomic E-state index is -0.268. The first-order valence-electron chi connectivity index (χ1n) is 7.31. The minimum Gasteiger partial charge on any atom is -0.453 e. The van der Waals surface area contributed by atoms with E-state index in [4.69, 9.17) is 4.74 Å². The van der Waals surface area contributed by atoms with Crippen molar-refractivity contribution in [1.29, 1.82) is 0 Å². The van der Waals surface area contributed by atoms with Gasteiger partial charge in [-0.05, 0) is 31.6 Å². The summed E-state index contributed by atoms with van der Waals surface area (Å²) in [4.78, 5) is 25.0. The van der Waals surface area contributed by atoms with Crippen LogP contribution in [-0.2, 0) is 9.53 Å². The molecule has 0 aromatic rings. The molecule has 1 aliphatic carbocycles. The van der Waals surface area contributed by atoms with Crippen molar-refractivity contribution >= 4 is 12.0 Å². The number of carbonyl (C=O) groups excluding carboxylic acids is 2. The Labute approximate surface area is 114 Å². The van der Waals surface area contributed by atoms with Gasteiger partial charge in [0.2, 0.25) is 5.91 Å². The smallest absolute Gasteiger partial charge is 0.409 e. The highest BCUT2D eigenvalue weighted by Crippen LogP contribution is 2.27. The van der Waals surface area contributed by atoms with E-state index in [0.717, 1.165) is 12.8 Å². The molecule has 19 heavy (non-hydrogen) atoms. The predicted molar refractivity (Wildman–Crippen MR) is 71.7 cm³/mol. The number of piperidine rings is 1. The molecule has 5 heteroatoms. The fourth-order valence-corrected chi connectivity index (χ4v) is 3.10. The van der Waals surface area contributed by atoms with Gasteiger partial charge in [0.05, 0.1) is 7.11 Å². The second-order valence-corrected chi connectivity index (χ2v) is 5.65. The standard InChI is InChI=1S/C14H24N2O3/c1-19-14(18)16-8-6-12(7-9-16)15-13(17)10-11-4-2-3-5-11/h11-12H,2-10H2,1H3,(H,15,17). The number of hydrogen-bond donors (Lipinski definition) is 1. The third kappa shape index (κ3) is 4.11. The second kappa shape index (κ2) is 6.78. The summed E-state index contributed by atoms with van der Waals surface area (Å²) in [5.41, 5.74) is 0. The molecule has 0 unspecified atom stereocenters. The Hall–Kier alpha value is -1.26. The number of amides is 2. The molecule has 0 atom stereocenters. The number of nitrogens with one attached hydrogen (secondary N) is 1. The van der Waals surface area contributed by atoms with Crippen molar-refractivity contribution in [3.63, 3.8) is 0 Å². The van der Waals surface area contributed by atoms with Crippen LogP contribution in [0.2, 0.25) is 0 Å². The predicted octanol–water partition coefficient (Wildman–Crippen LogP) is 1.91. The van der Waals surface area contributed by atoms with Crippen molar-refractivity contribution in [3.05, 3.63) is 0 Å². The molecule has 1 aliphatic heterocycles. The SMILES string of the molecule is COC(=O)N1CCC(NC(=O)CC2CCCC2)CC1. The molecule has 1 N–H and O–H groups in total. The fraction of sp³-hybridized carbons (Fsp3) is 0.857. The van der Waals surface area contributed by atoms with Crippen molar-refractivity contribution in [2.75, 3.05) is 20.2 Å². The van der Waals surface area contributed by atoms with Crippen molar-refractivity contribution in [1.82, 2.24) is 10.2 Å². The summed E-state index contributed by atoms with van der Waals surface area (Å²) in [5.74, 6) is 0.776. The summed E-state index contributed by atoms with van der Waals surface area (Å²) in [6.45, 7) is 1.34. The Kier molecular flexibility index (Phi) is 5.05. The average molecular weight is 268 g/mol. The van der Waals surface area contributed by atoms with Gasteiger partial charge in [0.1, 0.15) is 0 Å². The molecule has 2 rings (SSSR count). The van der Waals surface area contributed by atoms with Gasteiger partial charge in [-0.1, -0.05) is 12.8 Å². The van der Waals surface area contributed by atoms with E-state index in [0.29, 0.717) is 25.4 Å². The Morgan fingerprint density at radius 2 is 1.79 bits per heavy atom. The van der Waals surface area contributed by atoms with E-state index in [9.17, 15) is 9.59 Å². The molecule has 1 heterocycles. The van der Waals surface area contributed by atoms with Gasteiger partial charge in [0.15, 0.2) is 0 Å². The second-order valence-electron chi connectivity index (χ2n) is 5.65. The summed E-state index contributed by atoms with van der Waals surface area (Å²) < 4.78 is 4.69. The zero-order chi connectivity index (χ0) is 13.7. The lowest BCUT2D eigenvalue weighted by Gasteiger charge is -2.31. The van der Waals surface area contributed by atoms with Crippen LogP contribution in [0.3, 0.4) is 0 Å². The van der Waals surface area contributed by atoms with Crippen LogP contribution in [0, 0.1) is 5.92 Å². The van der Waals surface area contributed by atoms with Crippen LogP contribution < -0.4 is 5.32 Å². The highest BCUT2D eigenvalue weighted by atomic mass is 16.5. The summed E-state index contributed by atoms with van der Waals surface area (Å²) in [6.07, 6.45) is 7.01. The van der Waals surface area contributed by atoms with Gasteiger partial charge in [-0.15, -0.1) is 0 Å². The molecule has 0 aromatic carbocycles. The largest absolute Gasteiger partial charge is 0.453 e. The van der Waals surface area contributed by atoms with E-state index in [-0.39, 0.29) is 18.0 Å². The molecule has 1 saturated carbocycles. The van der Waals surface area contributed by atoms with Gasteiger partial charge in [0, 0.05) is 25.6 Å². The van der Waals surface area contributed by atoms with Crippen LogP contribution in [-0.4, -0.2) is 43.1 Å². The maximum Gasteiger partial charge on any atom is 0.409 e. The Bertz CT molecular complexity index is 319. The lowest BCUT2D eigenvalue weighted by atomic mass is 10.0. The Morgan fingerprint density at radius 3 is 2.37 bits per heavy atom. The van der Waals surface area contributed by atoms with E-state index in [1.165, 1.54) is 32.8 Å². The maximum absolute atomic E-state index is 11.9. The van der Waals surface area contributed by atoms with Gasteiger partial charge in [-0.3, -0.25) is 4.79 Å². The van der Waals surface area contributed by atoms with Crippen molar-refractivity contribution in [3.8, 4) is 0 Å². The van der Waals surface area contributed by atoms with Crippen LogP contribution in [0.15, 0.2) is 0 Å². The Morgan fingerprint density at radius 1 is 1.16 bits per heavy atom. The topological polar surface area (TPSA) is 58.6 Å². The molecule has 2 amide bonds. The molecular formula is C14H24N2O3. The molecule has 0 bridgehead atoms. The molecule has 1 saturated heterocycles. The average Bonchev–Trinajstić information content (AvgIpc) is 2.91. The maximum atomic E-state index is 11.9. The van der Waals surface area contributed by atoms with Crippen molar-refractivity contribution < 1.29 is 14.3 Å². The first-order valence-corrected chi connectivity index (χ1v) is 7.31. The third-order valence-corrected chi connectivity index (χ3v) is 4.24. The van der Waals surface area contributed by atoms with Crippen LogP contribution in [0.25, 0.3) is 0 Å². The number of methoxy groups -OCH3 is 1. The lowest BCUT2D eigenvalue weighted by molar-refractivity contribution is -0.122. The third-order valence-electron chi connectivity index (χ3n) is 4.24. The van der Waals surface area contributed by atoms with Crippen LogP contribution in [0.1, 0.15) is 44.9 Å². The highest BCUT2D eigenvalue weighted by Gasteiger charge is 2.25. The molecule has 108 valence electrons. The zero-order valence-electron chi connectivity index (χ0n) is 11.7. The number of rotatable bonds is 3. The minimum absolute atomic E-state index is 0.184. The van der Waals surface area contributed by atoms with Gasteiger partial charge < -0.3 is 15.0 Å². The molecule has 0 radical (unpaired) electrons. The Balaban J connectivity index is 1.67. The van der Waals surface area contributed by atoms with Gasteiger partial charge in [-0.25, -0.2) is 4.79 Å². The molecule has 5 nitrogen and oxygen atoms in total. The van der Waals surface area contributed by atoms with E-state index in [1.54, 1.807) is 4.90 Å². The number of carbonyl (C=O) groups is 2. The fourth-order valence-electron chi connectivity index (χ4n) is 3.10. The van der Waals surface area contributed by atoms with Gasteiger partial charge in [-0.2, -0.15) is 0 Å². The molecule has 0 spiro atoms. The monoisotopic (exact) mass is 268 g/mol. The quantitative estimate of drug-likeness (QED) is 0.850. The normalized spacial score (nSPS) is 21.4. The van der Waals surface area contributed by atoms with Crippen molar-refractivity contribution in [2.45, 2.75) is 51.0 Å². The van der Waals surface area contributed by atoms with Crippen LogP contribution >= 0.6 is 0 Å². The number of nitrogens with zero attached hydrogens (tertiary/aromatic N) is 1. The van der Waals surface area contributed by atoms with Gasteiger partial charge in [0.25, 0.3) is 0 Å². The number of likely N-dealkylation sites (tertiary alicyclic amines) is 1. The summed E-state index contributed by atoms with van der Waals surface area (Å²) in [6, 6.07) is 0.217. The van der Waals surface area contributed by atoms with E-state index >= 15 is 0 Å². The lowest BCUT2D eigenvalue weighted by Crippen LogP contribution is -2.46. The first kappa shape index (κ1) is 14.2. The van der Waals surface area contributed by atoms with Crippen LogP contribution in [0.4, 0.5) is 4.79 Å². The van der Waals surface area contributed by atoms with E-state index in [2.05, 4.69) is 5.32 Å². The summed E-state index contributed by atoms with van der Waals surface area (Å²) in [7, 11) is 1.40. The first-order chi connectivity index (χ1) is 9.19. The van der Waals surface area contributed by atoms with Crippen molar-refractivity contribution in [2.24, 2.45) is 5.92 Å². The number of ether oxygens (including phenoxy) is 1. The molecule has 2 fully saturated rings. The summed E-state index contributed by atoms with van der Waals surface area (Å²) >= 11 is 0. The zero-order valence-corrected chi connectivity index (χ0v) is 11.7. The summed E-state index contributed by atoms with van der Waals surface area (Å²) in [5, 5.41) is 3.11. The van der Waals surface area contributed by atoms with E-state index in [1.807, 2.05) is 0 Å². The van der Waals surface area contributed by atoms with Crippen LogP contribution in [0.5, 0.6) is 0 Å². The molecule has 2 aliphatic rings. The highest BCUT2D eigenvalue weighted by molar-refractivity contribution is 5.76. The number of hydrogen-bond acceptors (Lipinski definition) is 3. The molecular weight excluding hydrogens is 244 g/mol. The van der Waals surface area contributed by atoms with E-state index < -0.39 is 0 Å². The molecule has 0 aromatic heterocycles. The van der Waals surface area contributed by atoms with Gasteiger partial charge >= 0.3 is 6.09 Å².